The molecule has 0 atom stereocenters. The average Bonchev–Trinajstić information content (AvgIpc) is 2.49. The zero-order valence-electron chi connectivity index (χ0n) is 13.3. The van der Waals surface area contributed by atoms with Gasteiger partial charge in [0, 0.05) is 26.7 Å². The Kier molecular flexibility index (Phi) is 10.8. The molecule has 9 heteroatoms. The molecule has 0 fully saturated rings. The molecule has 0 aliphatic carbocycles. The van der Waals surface area contributed by atoms with Crippen molar-refractivity contribution in [3.8, 4) is 0 Å². The Labute approximate surface area is 143 Å². The van der Waals surface area contributed by atoms with Gasteiger partial charge in [-0.2, -0.15) is 0 Å². The zero-order chi connectivity index (χ0) is 16.4. The first-order valence-electron chi connectivity index (χ1n) is 6.98. The zero-order valence-corrected chi connectivity index (χ0v) is 14.9. The van der Waals surface area contributed by atoms with Crippen molar-refractivity contribution < 1.29 is 17.9 Å². The fraction of sp³-hybridized carbons (Fsp3) is 0.500. The molecule has 23 heavy (non-hydrogen) atoms. The van der Waals surface area contributed by atoms with Crippen LogP contribution in [0.25, 0.3) is 0 Å². The predicted molar refractivity (Wildman–Crippen MR) is 91.4 cm³/mol. The van der Waals surface area contributed by atoms with Gasteiger partial charge in [0.25, 0.3) is 0 Å². The number of carbonyl (C=O) groups excluding carboxylic acids is 1. The number of hydrogen-bond acceptors (Lipinski definition) is 5. The van der Waals surface area contributed by atoms with Gasteiger partial charge in [-0.1, -0.05) is 17.7 Å². The molecule has 0 saturated carbocycles. The van der Waals surface area contributed by atoms with E-state index >= 15 is 0 Å². The lowest BCUT2D eigenvalue weighted by atomic mass is 10.2. The Morgan fingerprint density at radius 3 is 2.39 bits per heavy atom. The van der Waals surface area contributed by atoms with Gasteiger partial charge in [0.15, 0.2) is 0 Å². The van der Waals surface area contributed by atoms with Crippen molar-refractivity contribution in [2.24, 2.45) is 0 Å². The molecule has 0 spiro atoms. The second-order valence-corrected chi connectivity index (χ2v) is 6.50. The van der Waals surface area contributed by atoms with Gasteiger partial charge in [0.1, 0.15) is 0 Å². The van der Waals surface area contributed by atoms with Crippen LogP contribution in [0.15, 0.2) is 29.2 Å². The molecule has 0 unspecified atom stereocenters. The molecule has 7 nitrogen and oxygen atoms in total. The molecule has 1 rings (SSSR count). The van der Waals surface area contributed by atoms with Crippen molar-refractivity contribution in [1.29, 1.82) is 0 Å². The lowest BCUT2D eigenvalue weighted by Crippen LogP contribution is -2.39. The average molecular weight is 366 g/mol. The molecule has 0 aliphatic rings. The van der Waals surface area contributed by atoms with Crippen LogP contribution in [0, 0.1) is 6.92 Å². The highest BCUT2D eigenvalue weighted by Gasteiger charge is 2.12. The second-order valence-electron chi connectivity index (χ2n) is 4.73. The Morgan fingerprint density at radius 1 is 1.13 bits per heavy atom. The molecular formula is C14H24ClN3O4S. The van der Waals surface area contributed by atoms with Crippen molar-refractivity contribution in [3.63, 3.8) is 0 Å². The van der Waals surface area contributed by atoms with Gasteiger partial charge >= 0.3 is 0 Å². The van der Waals surface area contributed by atoms with Gasteiger partial charge in [-0.3, -0.25) is 4.79 Å². The van der Waals surface area contributed by atoms with Gasteiger partial charge in [0.2, 0.25) is 15.9 Å². The molecule has 1 aromatic rings. The number of methoxy groups -OCH3 is 1. The molecule has 0 heterocycles. The van der Waals surface area contributed by atoms with Crippen LogP contribution < -0.4 is 15.4 Å². The first kappa shape index (κ1) is 21.8. The number of aryl methyl sites for hydroxylation is 1. The van der Waals surface area contributed by atoms with E-state index in [4.69, 9.17) is 4.74 Å². The molecule has 1 amide bonds. The molecule has 0 aliphatic heterocycles. The number of nitrogens with one attached hydrogen (secondary N) is 3. The number of amides is 1. The van der Waals surface area contributed by atoms with E-state index in [0.29, 0.717) is 13.2 Å². The highest BCUT2D eigenvalue weighted by atomic mass is 35.5. The van der Waals surface area contributed by atoms with Crippen LogP contribution in [0.3, 0.4) is 0 Å². The van der Waals surface area contributed by atoms with E-state index < -0.39 is 10.0 Å². The molecule has 0 radical (unpaired) electrons. The smallest absolute Gasteiger partial charge is 0.240 e. The maximum atomic E-state index is 12.0. The molecule has 0 aromatic heterocycles. The van der Waals surface area contributed by atoms with Crippen molar-refractivity contribution in [1.82, 2.24) is 15.4 Å². The summed E-state index contributed by atoms with van der Waals surface area (Å²) in [6.45, 7) is 3.55. The number of benzene rings is 1. The van der Waals surface area contributed by atoms with Gasteiger partial charge in [-0.25, -0.2) is 13.1 Å². The monoisotopic (exact) mass is 365 g/mol. The number of sulfonamides is 1. The molecule has 0 saturated heterocycles. The topological polar surface area (TPSA) is 96.5 Å². The summed E-state index contributed by atoms with van der Waals surface area (Å²) in [5, 5.41) is 5.52. The Bertz CT molecular complexity index is 564. The van der Waals surface area contributed by atoms with E-state index in [9.17, 15) is 13.2 Å². The van der Waals surface area contributed by atoms with E-state index in [1.54, 1.807) is 31.4 Å². The number of rotatable bonds is 10. The van der Waals surface area contributed by atoms with E-state index in [1.807, 2.05) is 6.92 Å². The minimum Gasteiger partial charge on any atom is -0.383 e. The SMILES string of the molecule is COCCNCC(=O)NCCNS(=O)(=O)c1ccc(C)cc1.Cl. The van der Waals surface area contributed by atoms with E-state index in [0.717, 1.165) is 5.56 Å². The Morgan fingerprint density at radius 2 is 1.78 bits per heavy atom. The number of halogens is 1. The van der Waals surface area contributed by atoms with Crippen molar-refractivity contribution >= 4 is 28.3 Å². The van der Waals surface area contributed by atoms with Crippen LogP contribution in [0.2, 0.25) is 0 Å². The van der Waals surface area contributed by atoms with Crippen molar-refractivity contribution in [3.05, 3.63) is 29.8 Å². The fourth-order valence-corrected chi connectivity index (χ4v) is 2.66. The van der Waals surface area contributed by atoms with Crippen LogP contribution in [0.4, 0.5) is 0 Å². The summed E-state index contributed by atoms with van der Waals surface area (Å²) < 4.78 is 31.2. The molecule has 3 N–H and O–H groups in total. The van der Waals surface area contributed by atoms with Crippen LogP contribution >= 0.6 is 12.4 Å². The number of ether oxygens (including phenoxy) is 1. The summed E-state index contributed by atoms with van der Waals surface area (Å²) in [5.41, 5.74) is 0.993. The van der Waals surface area contributed by atoms with Gasteiger partial charge in [-0.05, 0) is 19.1 Å². The second kappa shape index (κ2) is 11.4. The normalized spacial score (nSPS) is 10.9. The Balaban J connectivity index is 0.00000484. The minimum atomic E-state index is -3.53. The molecule has 0 bridgehead atoms. The van der Waals surface area contributed by atoms with Gasteiger partial charge < -0.3 is 15.4 Å². The highest BCUT2D eigenvalue weighted by Crippen LogP contribution is 2.09. The molecule has 1 aromatic carbocycles. The summed E-state index contributed by atoms with van der Waals surface area (Å²) in [7, 11) is -1.95. The lowest BCUT2D eigenvalue weighted by Gasteiger charge is -2.09. The van der Waals surface area contributed by atoms with E-state index in [2.05, 4.69) is 15.4 Å². The minimum absolute atomic E-state index is 0. The number of hydrogen-bond donors (Lipinski definition) is 3. The standard InChI is InChI=1S/C14H23N3O4S.ClH/c1-12-3-5-13(6-4-12)22(19,20)17-8-7-16-14(18)11-15-9-10-21-2;/h3-6,15,17H,7-11H2,1-2H3,(H,16,18);1H. The number of carbonyl (C=O) groups is 1. The maximum Gasteiger partial charge on any atom is 0.240 e. The third kappa shape index (κ3) is 8.87. The highest BCUT2D eigenvalue weighted by molar-refractivity contribution is 7.89. The quantitative estimate of drug-likeness (QED) is 0.509. The van der Waals surface area contributed by atoms with Crippen LogP contribution in [-0.4, -0.2) is 54.2 Å². The predicted octanol–water partition coefficient (Wildman–Crippen LogP) is 0.0473. The Hall–Kier alpha value is -1.19. The summed E-state index contributed by atoms with van der Waals surface area (Å²) in [6.07, 6.45) is 0. The summed E-state index contributed by atoms with van der Waals surface area (Å²) in [5.74, 6) is -0.189. The van der Waals surface area contributed by atoms with Gasteiger partial charge in [-0.15, -0.1) is 12.4 Å². The molecule has 132 valence electrons. The third-order valence-corrected chi connectivity index (χ3v) is 4.32. The van der Waals surface area contributed by atoms with Gasteiger partial charge in [0.05, 0.1) is 18.0 Å². The van der Waals surface area contributed by atoms with E-state index in [1.165, 1.54) is 0 Å². The summed E-state index contributed by atoms with van der Waals surface area (Å²) >= 11 is 0. The van der Waals surface area contributed by atoms with Crippen LogP contribution in [-0.2, 0) is 19.6 Å². The van der Waals surface area contributed by atoms with Crippen molar-refractivity contribution in [2.45, 2.75) is 11.8 Å². The van der Waals surface area contributed by atoms with Crippen molar-refractivity contribution in [2.75, 3.05) is 39.9 Å². The maximum absolute atomic E-state index is 12.0. The summed E-state index contributed by atoms with van der Waals surface area (Å²) in [6, 6.07) is 6.58. The fourth-order valence-electron chi connectivity index (χ4n) is 1.63. The first-order valence-corrected chi connectivity index (χ1v) is 8.46. The summed E-state index contributed by atoms with van der Waals surface area (Å²) in [4.78, 5) is 11.7. The van der Waals surface area contributed by atoms with Crippen LogP contribution in [0.5, 0.6) is 0 Å². The lowest BCUT2D eigenvalue weighted by molar-refractivity contribution is -0.120. The van der Waals surface area contributed by atoms with Crippen LogP contribution in [0.1, 0.15) is 5.56 Å². The largest absolute Gasteiger partial charge is 0.383 e. The first-order chi connectivity index (χ1) is 10.5. The van der Waals surface area contributed by atoms with E-state index in [-0.39, 0.29) is 42.8 Å². The molecular weight excluding hydrogens is 342 g/mol. The third-order valence-electron chi connectivity index (χ3n) is 2.84.